The van der Waals surface area contributed by atoms with E-state index < -0.39 is 0 Å². The third-order valence-corrected chi connectivity index (χ3v) is 5.71. The number of hydrogen-bond acceptors (Lipinski definition) is 4. The average Bonchev–Trinajstić information content (AvgIpc) is 3.32. The summed E-state index contributed by atoms with van der Waals surface area (Å²) in [7, 11) is 4.05. The van der Waals surface area contributed by atoms with E-state index in [0.717, 1.165) is 34.9 Å². The Kier molecular flexibility index (Phi) is 7.63. The molecule has 180 valence electrons. The van der Waals surface area contributed by atoms with Crippen LogP contribution in [0.4, 0.5) is 5.69 Å². The molecule has 6 heteroatoms. The molecule has 1 aromatic heterocycles. The fourth-order valence-corrected chi connectivity index (χ4v) is 3.77. The standard InChI is InChI=1S/C29H32N4O2/c1-20(2)24-6-5-7-27(16-24)35-19-26-17-28(32-31-26)22-12-14-25(15-13-22)30-29(34)23-10-8-21(9-11-23)18-33(3)4/h5-17,20H,18-19H2,1-4H3,(H,30,34)(H,31,32). The van der Waals surface area contributed by atoms with Crippen molar-refractivity contribution in [3.63, 3.8) is 0 Å². The van der Waals surface area contributed by atoms with Crippen LogP contribution >= 0.6 is 0 Å². The smallest absolute Gasteiger partial charge is 0.255 e. The zero-order valence-corrected chi connectivity index (χ0v) is 20.7. The number of rotatable bonds is 9. The van der Waals surface area contributed by atoms with E-state index >= 15 is 0 Å². The maximum Gasteiger partial charge on any atom is 0.255 e. The lowest BCUT2D eigenvalue weighted by molar-refractivity contribution is 0.102. The van der Waals surface area contributed by atoms with Gasteiger partial charge in [-0.25, -0.2) is 0 Å². The Labute approximate surface area is 207 Å². The van der Waals surface area contributed by atoms with Crippen LogP contribution in [0.5, 0.6) is 5.75 Å². The Morgan fingerprint density at radius 2 is 1.74 bits per heavy atom. The van der Waals surface area contributed by atoms with Crippen molar-refractivity contribution in [2.45, 2.75) is 32.9 Å². The first kappa shape index (κ1) is 24.2. The number of benzene rings is 3. The van der Waals surface area contributed by atoms with Crippen LogP contribution in [0.3, 0.4) is 0 Å². The van der Waals surface area contributed by atoms with Crippen LogP contribution in [0.15, 0.2) is 78.9 Å². The third-order valence-electron chi connectivity index (χ3n) is 5.71. The molecule has 0 aliphatic carbocycles. The molecule has 0 saturated carbocycles. The summed E-state index contributed by atoms with van der Waals surface area (Å²) in [4.78, 5) is 14.7. The van der Waals surface area contributed by atoms with Crippen LogP contribution in [0.25, 0.3) is 11.3 Å². The van der Waals surface area contributed by atoms with Crippen LogP contribution in [0, 0.1) is 0 Å². The lowest BCUT2D eigenvalue weighted by atomic mass is 10.0. The van der Waals surface area contributed by atoms with Gasteiger partial charge in [0.25, 0.3) is 5.91 Å². The molecule has 0 aliphatic heterocycles. The number of amides is 1. The number of carbonyl (C=O) groups is 1. The van der Waals surface area contributed by atoms with Gasteiger partial charge in [0.15, 0.2) is 0 Å². The zero-order valence-electron chi connectivity index (χ0n) is 20.7. The maximum absolute atomic E-state index is 12.6. The molecule has 35 heavy (non-hydrogen) atoms. The van der Waals surface area contributed by atoms with E-state index in [9.17, 15) is 4.79 Å². The molecule has 0 atom stereocenters. The summed E-state index contributed by atoms with van der Waals surface area (Å²) in [5.74, 6) is 1.17. The summed E-state index contributed by atoms with van der Waals surface area (Å²) in [5.41, 5.74) is 6.50. The molecule has 6 nitrogen and oxygen atoms in total. The van der Waals surface area contributed by atoms with Crippen LogP contribution in [-0.4, -0.2) is 35.1 Å². The molecule has 1 amide bonds. The highest BCUT2D eigenvalue weighted by atomic mass is 16.5. The van der Waals surface area contributed by atoms with Crippen molar-refractivity contribution in [1.29, 1.82) is 0 Å². The van der Waals surface area contributed by atoms with E-state index in [1.807, 2.05) is 80.8 Å². The van der Waals surface area contributed by atoms with E-state index in [0.29, 0.717) is 18.1 Å². The minimum Gasteiger partial charge on any atom is -0.487 e. The Morgan fingerprint density at radius 1 is 1.00 bits per heavy atom. The van der Waals surface area contributed by atoms with Crippen LogP contribution < -0.4 is 10.1 Å². The first-order valence-corrected chi connectivity index (χ1v) is 11.8. The van der Waals surface area contributed by atoms with E-state index in [4.69, 9.17) is 4.74 Å². The number of H-pyrrole nitrogens is 1. The molecule has 0 unspecified atom stereocenters. The van der Waals surface area contributed by atoms with E-state index in [-0.39, 0.29) is 5.91 Å². The molecule has 0 radical (unpaired) electrons. The molecule has 0 spiro atoms. The molecule has 2 N–H and O–H groups in total. The number of aromatic amines is 1. The van der Waals surface area contributed by atoms with Gasteiger partial charge in [0.1, 0.15) is 18.1 Å². The first-order chi connectivity index (χ1) is 16.9. The second-order valence-corrected chi connectivity index (χ2v) is 9.26. The fraction of sp³-hybridized carbons (Fsp3) is 0.241. The topological polar surface area (TPSA) is 70.2 Å². The minimum absolute atomic E-state index is 0.128. The quantitative estimate of drug-likeness (QED) is 0.312. The number of nitrogens with zero attached hydrogens (tertiary/aromatic N) is 2. The molecule has 4 rings (SSSR count). The number of aromatic nitrogens is 2. The highest BCUT2D eigenvalue weighted by molar-refractivity contribution is 6.04. The lowest BCUT2D eigenvalue weighted by Gasteiger charge is -2.10. The van der Waals surface area contributed by atoms with Crippen molar-refractivity contribution in [2.24, 2.45) is 0 Å². The number of carbonyl (C=O) groups excluding carboxylic acids is 1. The number of hydrogen-bond donors (Lipinski definition) is 2. The normalized spacial score (nSPS) is 11.1. The maximum atomic E-state index is 12.6. The number of ether oxygens (including phenoxy) is 1. The largest absolute Gasteiger partial charge is 0.487 e. The lowest BCUT2D eigenvalue weighted by Crippen LogP contribution is -2.13. The molecular formula is C29H32N4O2. The van der Waals surface area contributed by atoms with Gasteiger partial charge in [-0.05, 0) is 79.2 Å². The molecule has 0 bridgehead atoms. The highest BCUT2D eigenvalue weighted by Crippen LogP contribution is 2.23. The zero-order chi connectivity index (χ0) is 24.8. The van der Waals surface area contributed by atoms with Gasteiger partial charge < -0.3 is 15.0 Å². The van der Waals surface area contributed by atoms with Gasteiger partial charge in [-0.2, -0.15) is 5.10 Å². The highest BCUT2D eigenvalue weighted by Gasteiger charge is 2.09. The van der Waals surface area contributed by atoms with Crippen LogP contribution in [-0.2, 0) is 13.2 Å². The van der Waals surface area contributed by atoms with Crippen molar-refractivity contribution >= 4 is 11.6 Å². The summed E-state index contributed by atoms with van der Waals surface area (Å²) in [6, 6.07) is 25.5. The monoisotopic (exact) mass is 468 g/mol. The van der Waals surface area contributed by atoms with Crippen molar-refractivity contribution in [1.82, 2.24) is 15.1 Å². The predicted octanol–water partition coefficient (Wildman–Crippen LogP) is 6.09. The predicted molar refractivity (Wildman–Crippen MR) is 141 cm³/mol. The molecule has 4 aromatic rings. The first-order valence-electron chi connectivity index (χ1n) is 11.8. The van der Waals surface area contributed by atoms with Crippen molar-refractivity contribution < 1.29 is 9.53 Å². The summed E-state index contributed by atoms with van der Waals surface area (Å²) in [6.07, 6.45) is 0. The fourth-order valence-electron chi connectivity index (χ4n) is 3.77. The van der Waals surface area contributed by atoms with Crippen LogP contribution in [0.1, 0.15) is 46.9 Å². The molecule has 0 saturated heterocycles. The summed E-state index contributed by atoms with van der Waals surface area (Å²) in [6.45, 7) is 5.56. The number of nitrogens with one attached hydrogen (secondary N) is 2. The van der Waals surface area contributed by atoms with Gasteiger partial charge in [-0.15, -0.1) is 0 Å². The minimum atomic E-state index is -0.128. The second-order valence-electron chi connectivity index (χ2n) is 9.26. The Balaban J connectivity index is 1.34. The molecule has 3 aromatic carbocycles. The Morgan fingerprint density at radius 3 is 2.43 bits per heavy atom. The summed E-state index contributed by atoms with van der Waals surface area (Å²) < 4.78 is 5.93. The Bertz CT molecular complexity index is 1260. The van der Waals surface area contributed by atoms with Gasteiger partial charge in [0.05, 0.1) is 5.69 Å². The van der Waals surface area contributed by atoms with Gasteiger partial charge in [-0.3, -0.25) is 9.89 Å². The molecular weight excluding hydrogens is 436 g/mol. The average molecular weight is 469 g/mol. The third kappa shape index (κ3) is 6.58. The van der Waals surface area contributed by atoms with Crippen molar-refractivity contribution in [3.05, 3.63) is 101 Å². The van der Waals surface area contributed by atoms with E-state index in [2.05, 4.69) is 46.4 Å². The number of anilines is 1. The second kappa shape index (κ2) is 11.0. The van der Waals surface area contributed by atoms with Gasteiger partial charge in [-0.1, -0.05) is 50.2 Å². The van der Waals surface area contributed by atoms with Gasteiger partial charge >= 0.3 is 0 Å². The van der Waals surface area contributed by atoms with Crippen molar-refractivity contribution in [3.8, 4) is 17.0 Å². The SMILES string of the molecule is CC(C)c1cccc(OCc2cc(-c3ccc(NC(=O)c4ccc(CN(C)C)cc4)cc3)[nH]n2)c1. The van der Waals surface area contributed by atoms with Crippen LogP contribution in [0.2, 0.25) is 0 Å². The van der Waals surface area contributed by atoms with Crippen molar-refractivity contribution in [2.75, 3.05) is 19.4 Å². The molecule has 1 heterocycles. The van der Waals surface area contributed by atoms with Gasteiger partial charge in [0, 0.05) is 17.8 Å². The molecule has 0 fully saturated rings. The summed E-state index contributed by atoms with van der Waals surface area (Å²) >= 11 is 0. The summed E-state index contributed by atoms with van der Waals surface area (Å²) in [5, 5.41) is 10.4. The Hall–Kier alpha value is -3.90. The van der Waals surface area contributed by atoms with E-state index in [1.165, 1.54) is 11.1 Å². The van der Waals surface area contributed by atoms with Gasteiger partial charge in [0.2, 0.25) is 0 Å². The van der Waals surface area contributed by atoms with E-state index in [1.54, 1.807) is 0 Å². The molecule has 0 aliphatic rings.